The number of nitrogens with zero attached hydrogens (tertiary/aromatic N) is 2. The first kappa shape index (κ1) is 17.5. The van der Waals surface area contributed by atoms with Gasteiger partial charge in [0.2, 0.25) is 11.0 Å². The molecule has 2 aromatic carbocycles. The Morgan fingerprint density at radius 3 is 2.54 bits per heavy atom. The molecule has 1 aliphatic carbocycles. The number of nitrogens with one attached hydrogen (secondary N) is 1. The Hall–Kier alpha value is -1.89. The minimum Gasteiger partial charge on any atom is -0.300 e. The largest absolute Gasteiger partial charge is 0.300 e. The minimum atomic E-state index is -0.399. The Bertz CT molecular complexity index is 908. The molecule has 7 heteroatoms. The molecule has 1 N–H and O–H groups in total. The highest BCUT2D eigenvalue weighted by atomic mass is 35.5. The molecule has 4 rings (SSSR count). The van der Waals surface area contributed by atoms with Gasteiger partial charge in [0.05, 0.1) is 5.41 Å². The van der Waals surface area contributed by atoms with Crippen LogP contribution in [0.5, 0.6) is 0 Å². The maximum absolute atomic E-state index is 12.7. The van der Waals surface area contributed by atoms with Gasteiger partial charge < -0.3 is 0 Å². The number of thioether (sulfide) groups is 1. The number of amides is 1. The molecule has 0 radical (unpaired) electrons. The zero-order valence-electron chi connectivity index (χ0n) is 13.8. The molecule has 0 spiro atoms. The average Bonchev–Trinajstić information content (AvgIpc) is 3.37. The van der Waals surface area contributed by atoms with E-state index in [1.54, 1.807) is 11.8 Å². The predicted molar refractivity (Wildman–Crippen MR) is 107 cm³/mol. The number of hydrogen-bond acceptors (Lipinski definition) is 5. The van der Waals surface area contributed by atoms with Crippen LogP contribution in [0.3, 0.4) is 0 Å². The number of carbonyl (C=O) groups excluding carboxylic acids is 1. The zero-order chi connectivity index (χ0) is 18.0. The van der Waals surface area contributed by atoms with E-state index in [0.717, 1.165) is 33.5 Å². The maximum atomic E-state index is 12.7. The van der Waals surface area contributed by atoms with E-state index >= 15 is 0 Å². The summed E-state index contributed by atoms with van der Waals surface area (Å²) < 4.78 is 0.833. The molecule has 0 bridgehead atoms. The summed E-state index contributed by atoms with van der Waals surface area (Å²) in [4.78, 5) is 12.7. The molecule has 1 aromatic heterocycles. The van der Waals surface area contributed by atoms with E-state index in [-0.39, 0.29) is 5.91 Å². The number of aromatic nitrogens is 2. The van der Waals surface area contributed by atoms with Crippen LogP contribution < -0.4 is 5.32 Å². The molecule has 3 aromatic rings. The number of anilines is 1. The predicted octanol–water partition coefficient (Wildman–Crippen LogP) is 5.15. The summed E-state index contributed by atoms with van der Waals surface area (Å²) in [6.07, 6.45) is 1.75. The topological polar surface area (TPSA) is 54.9 Å². The van der Waals surface area contributed by atoms with Crippen molar-refractivity contribution in [3.8, 4) is 0 Å². The third-order valence-electron chi connectivity index (χ3n) is 4.41. The Morgan fingerprint density at radius 1 is 1.12 bits per heavy atom. The molecule has 1 saturated carbocycles. The molecule has 26 heavy (non-hydrogen) atoms. The Labute approximate surface area is 165 Å². The molecule has 0 unspecified atom stereocenters. The number of rotatable bonds is 6. The van der Waals surface area contributed by atoms with E-state index in [1.807, 2.05) is 54.6 Å². The van der Waals surface area contributed by atoms with Crippen LogP contribution in [0.25, 0.3) is 0 Å². The quantitative estimate of drug-likeness (QED) is 0.458. The molecule has 1 aliphatic rings. The summed E-state index contributed by atoms with van der Waals surface area (Å²) in [6, 6.07) is 17.7. The van der Waals surface area contributed by atoms with Crippen molar-refractivity contribution >= 4 is 45.7 Å². The van der Waals surface area contributed by atoms with E-state index in [0.29, 0.717) is 5.13 Å². The first-order valence-corrected chi connectivity index (χ1v) is 10.4. The van der Waals surface area contributed by atoms with Gasteiger partial charge in [-0.05, 0) is 36.1 Å². The summed E-state index contributed by atoms with van der Waals surface area (Å²) in [7, 11) is 0. The standard InChI is InChI=1S/C19H16ClN3OS2/c20-15-8-6-13(7-9-15)12-25-18-23-22-17(26-18)21-16(24)19(10-11-19)14-4-2-1-3-5-14/h1-9H,10-12H2,(H,21,22,24). The average molecular weight is 402 g/mol. The van der Waals surface area contributed by atoms with Gasteiger partial charge in [-0.3, -0.25) is 10.1 Å². The summed E-state index contributed by atoms with van der Waals surface area (Å²) in [5.41, 5.74) is 1.84. The summed E-state index contributed by atoms with van der Waals surface area (Å²) in [5, 5.41) is 12.5. The van der Waals surface area contributed by atoms with E-state index in [2.05, 4.69) is 15.5 Å². The number of benzene rings is 2. The fourth-order valence-electron chi connectivity index (χ4n) is 2.79. The molecule has 0 atom stereocenters. The van der Waals surface area contributed by atoms with Crippen LogP contribution in [-0.4, -0.2) is 16.1 Å². The highest BCUT2D eigenvalue weighted by Crippen LogP contribution is 2.49. The fourth-order valence-corrected chi connectivity index (χ4v) is 4.62. The first-order valence-electron chi connectivity index (χ1n) is 8.23. The minimum absolute atomic E-state index is 0.00843. The fraction of sp³-hybridized carbons (Fsp3) is 0.211. The zero-order valence-corrected chi connectivity index (χ0v) is 16.2. The van der Waals surface area contributed by atoms with Crippen molar-refractivity contribution in [3.63, 3.8) is 0 Å². The second-order valence-corrected chi connectivity index (χ2v) is 8.83. The second kappa shape index (κ2) is 7.39. The van der Waals surface area contributed by atoms with Crippen LogP contribution in [0.15, 0.2) is 58.9 Å². The summed E-state index contributed by atoms with van der Waals surface area (Å²) in [5.74, 6) is 0.794. The van der Waals surface area contributed by atoms with Gasteiger partial charge in [-0.2, -0.15) is 0 Å². The summed E-state index contributed by atoms with van der Waals surface area (Å²) in [6.45, 7) is 0. The SMILES string of the molecule is O=C(Nc1nnc(SCc2ccc(Cl)cc2)s1)C1(c2ccccc2)CC1. The van der Waals surface area contributed by atoms with Gasteiger partial charge in [0, 0.05) is 10.8 Å². The third kappa shape index (κ3) is 3.77. The van der Waals surface area contributed by atoms with Crippen LogP contribution in [0.4, 0.5) is 5.13 Å². The number of halogens is 1. The van der Waals surface area contributed by atoms with E-state index < -0.39 is 5.41 Å². The Morgan fingerprint density at radius 2 is 1.85 bits per heavy atom. The normalized spacial score (nSPS) is 14.8. The van der Waals surface area contributed by atoms with E-state index in [1.165, 1.54) is 16.9 Å². The number of hydrogen-bond donors (Lipinski definition) is 1. The molecule has 132 valence electrons. The second-order valence-electron chi connectivity index (χ2n) is 6.19. The van der Waals surface area contributed by atoms with Crippen LogP contribution >= 0.6 is 34.7 Å². The lowest BCUT2D eigenvalue weighted by atomic mass is 9.95. The van der Waals surface area contributed by atoms with Gasteiger partial charge in [0.15, 0.2) is 4.34 Å². The van der Waals surface area contributed by atoms with Gasteiger partial charge in [0.1, 0.15) is 0 Å². The Kier molecular flexibility index (Phi) is 4.98. The molecular formula is C19H16ClN3OS2. The van der Waals surface area contributed by atoms with Gasteiger partial charge in [0.25, 0.3) is 0 Å². The first-order chi connectivity index (χ1) is 12.7. The lowest BCUT2D eigenvalue weighted by molar-refractivity contribution is -0.118. The lowest BCUT2D eigenvalue weighted by Crippen LogP contribution is -2.27. The maximum Gasteiger partial charge on any atom is 0.236 e. The van der Waals surface area contributed by atoms with E-state index in [4.69, 9.17) is 11.6 Å². The van der Waals surface area contributed by atoms with Crippen LogP contribution in [0.1, 0.15) is 24.0 Å². The van der Waals surface area contributed by atoms with Crippen molar-refractivity contribution in [3.05, 3.63) is 70.7 Å². The van der Waals surface area contributed by atoms with Crippen molar-refractivity contribution in [1.82, 2.24) is 10.2 Å². The molecule has 1 fully saturated rings. The highest BCUT2D eigenvalue weighted by molar-refractivity contribution is 8.00. The van der Waals surface area contributed by atoms with Gasteiger partial charge in [-0.25, -0.2) is 0 Å². The summed E-state index contributed by atoms with van der Waals surface area (Å²) >= 11 is 8.90. The number of carbonyl (C=O) groups is 1. The van der Waals surface area contributed by atoms with Crippen LogP contribution in [0, 0.1) is 0 Å². The molecule has 1 heterocycles. The third-order valence-corrected chi connectivity index (χ3v) is 6.71. The van der Waals surface area contributed by atoms with Crippen molar-refractivity contribution in [1.29, 1.82) is 0 Å². The molecule has 4 nitrogen and oxygen atoms in total. The smallest absolute Gasteiger partial charge is 0.236 e. The highest BCUT2D eigenvalue weighted by Gasteiger charge is 2.51. The molecule has 0 saturated heterocycles. The van der Waals surface area contributed by atoms with Crippen molar-refractivity contribution in [2.45, 2.75) is 28.3 Å². The van der Waals surface area contributed by atoms with Gasteiger partial charge >= 0.3 is 0 Å². The van der Waals surface area contributed by atoms with Crippen molar-refractivity contribution < 1.29 is 4.79 Å². The molecule has 0 aliphatic heterocycles. The Balaban J connectivity index is 1.38. The monoisotopic (exact) mass is 401 g/mol. The van der Waals surface area contributed by atoms with Gasteiger partial charge in [-0.15, -0.1) is 10.2 Å². The van der Waals surface area contributed by atoms with Crippen LogP contribution in [0.2, 0.25) is 5.02 Å². The lowest BCUT2D eigenvalue weighted by Gasteiger charge is -2.13. The van der Waals surface area contributed by atoms with Crippen molar-refractivity contribution in [2.24, 2.45) is 0 Å². The van der Waals surface area contributed by atoms with Gasteiger partial charge in [-0.1, -0.05) is 77.2 Å². The van der Waals surface area contributed by atoms with E-state index in [9.17, 15) is 4.79 Å². The van der Waals surface area contributed by atoms with Crippen molar-refractivity contribution in [2.75, 3.05) is 5.32 Å². The van der Waals surface area contributed by atoms with Crippen LogP contribution in [-0.2, 0) is 16.0 Å². The molecule has 1 amide bonds. The molecular weight excluding hydrogens is 386 g/mol.